The van der Waals surface area contributed by atoms with E-state index in [9.17, 15) is 4.39 Å². The second-order valence-electron chi connectivity index (χ2n) is 7.31. The maximum Gasteiger partial charge on any atom is 0.127 e. The highest BCUT2D eigenvalue weighted by molar-refractivity contribution is 6.14. The van der Waals surface area contributed by atoms with E-state index >= 15 is 0 Å². The third-order valence-electron chi connectivity index (χ3n) is 5.67. The summed E-state index contributed by atoms with van der Waals surface area (Å²) in [7, 11) is 0. The Kier molecular flexibility index (Phi) is 3.27. The number of nitrogens with zero attached hydrogens (tertiary/aromatic N) is 3. The number of benzene rings is 1. The van der Waals surface area contributed by atoms with Crippen LogP contribution < -0.4 is 0 Å². The molecular formula is C21H20FN3. The van der Waals surface area contributed by atoms with Gasteiger partial charge in [-0.3, -0.25) is 4.99 Å². The van der Waals surface area contributed by atoms with Gasteiger partial charge >= 0.3 is 0 Å². The molecule has 1 fully saturated rings. The number of aromatic nitrogens is 2. The van der Waals surface area contributed by atoms with Crippen LogP contribution in [0.15, 0.2) is 53.8 Å². The molecule has 3 aromatic rings. The maximum absolute atomic E-state index is 14.6. The highest BCUT2D eigenvalue weighted by atomic mass is 19.1. The predicted molar refractivity (Wildman–Crippen MR) is 96.8 cm³/mol. The van der Waals surface area contributed by atoms with Crippen LogP contribution in [-0.2, 0) is 6.42 Å². The minimum Gasteiger partial charge on any atom is -0.277 e. The molecule has 1 saturated carbocycles. The molecule has 25 heavy (non-hydrogen) atoms. The summed E-state index contributed by atoms with van der Waals surface area (Å²) in [6.45, 7) is 0. The largest absolute Gasteiger partial charge is 0.277 e. The first-order valence-electron chi connectivity index (χ1n) is 9.06. The number of halogens is 1. The topological polar surface area (TPSA) is 29.7 Å². The zero-order valence-corrected chi connectivity index (χ0v) is 14.1. The van der Waals surface area contributed by atoms with Gasteiger partial charge in [-0.05, 0) is 42.7 Å². The lowest BCUT2D eigenvalue weighted by Crippen LogP contribution is -2.38. The third kappa shape index (κ3) is 2.39. The lowest BCUT2D eigenvalue weighted by Gasteiger charge is -2.38. The minimum absolute atomic E-state index is 0.105. The molecule has 3 nitrogen and oxygen atoms in total. The Labute approximate surface area is 146 Å². The van der Waals surface area contributed by atoms with Gasteiger partial charge in [-0.1, -0.05) is 31.4 Å². The van der Waals surface area contributed by atoms with Crippen molar-refractivity contribution < 1.29 is 4.39 Å². The van der Waals surface area contributed by atoms with E-state index in [4.69, 9.17) is 4.99 Å². The molecule has 2 aromatic heterocycles. The summed E-state index contributed by atoms with van der Waals surface area (Å²) in [6.07, 6.45) is 10.2. The van der Waals surface area contributed by atoms with Crippen molar-refractivity contribution in [2.75, 3.05) is 0 Å². The molecule has 0 N–H and O–H groups in total. The Morgan fingerprint density at radius 3 is 2.80 bits per heavy atom. The summed E-state index contributed by atoms with van der Waals surface area (Å²) in [6, 6.07) is 11.5. The lowest BCUT2D eigenvalue weighted by molar-refractivity contribution is 0.291. The summed E-state index contributed by atoms with van der Waals surface area (Å²) in [5.41, 5.74) is 4.51. The van der Waals surface area contributed by atoms with Crippen molar-refractivity contribution in [3.05, 3.63) is 71.3 Å². The molecule has 2 aliphatic rings. The van der Waals surface area contributed by atoms with E-state index in [-0.39, 0.29) is 11.4 Å². The fraction of sp³-hybridized carbons (Fsp3) is 0.333. The van der Waals surface area contributed by atoms with Crippen LogP contribution in [0.5, 0.6) is 0 Å². The number of fused-ring (bicyclic) bond motifs is 2. The van der Waals surface area contributed by atoms with Gasteiger partial charge in [-0.25, -0.2) is 8.91 Å². The van der Waals surface area contributed by atoms with E-state index in [1.807, 2.05) is 35.1 Å². The van der Waals surface area contributed by atoms with Gasteiger partial charge in [0.25, 0.3) is 0 Å². The molecular weight excluding hydrogens is 313 g/mol. The second-order valence-corrected chi connectivity index (χ2v) is 7.31. The first kappa shape index (κ1) is 14.8. The zero-order chi connectivity index (χ0) is 16.9. The summed E-state index contributed by atoms with van der Waals surface area (Å²) in [4.78, 5) is 5.22. The average Bonchev–Trinajstić information content (AvgIpc) is 3.10. The average molecular weight is 333 g/mol. The quantitative estimate of drug-likeness (QED) is 0.641. The van der Waals surface area contributed by atoms with Gasteiger partial charge in [0.05, 0.1) is 23.0 Å². The molecule has 4 heteroatoms. The highest BCUT2D eigenvalue weighted by Crippen LogP contribution is 2.40. The normalized spacial score (nSPS) is 19.0. The fourth-order valence-corrected chi connectivity index (χ4v) is 4.40. The monoisotopic (exact) mass is 333 g/mol. The van der Waals surface area contributed by atoms with Crippen LogP contribution in [0, 0.1) is 5.82 Å². The Morgan fingerprint density at radius 2 is 1.92 bits per heavy atom. The van der Waals surface area contributed by atoms with Gasteiger partial charge in [-0.2, -0.15) is 5.10 Å². The van der Waals surface area contributed by atoms with E-state index in [1.165, 1.54) is 19.3 Å². The van der Waals surface area contributed by atoms with E-state index in [0.717, 1.165) is 47.2 Å². The van der Waals surface area contributed by atoms with E-state index in [0.29, 0.717) is 0 Å². The van der Waals surface area contributed by atoms with Gasteiger partial charge in [0, 0.05) is 23.7 Å². The summed E-state index contributed by atoms with van der Waals surface area (Å²) in [5, 5.41) is 4.49. The number of hydrogen-bond donors (Lipinski definition) is 0. The number of hydrogen-bond acceptors (Lipinski definition) is 2. The molecule has 0 bridgehead atoms. The third-order valence-corrected chi connectivity index (χ3v) is 5.67. The van der Waals surface area contributed by atoms with Crippen LogP contribution in [0.1, 0.15) is 48.8 Å². The Balaban J connectivity index is 1.72. The molecule has 0 atom stereocenters. The Hall–Kier alpha value is -2.49. The van der Waals surface area contributed by atoms with Gasteiger partial charge in [0.15, 0.2) is 0 Å². The Morgan fingerprint density at radius 1 is 1.04 bits per heavy atom. The first-order chi connectivity index (χ1) is 12.2. The SMILES string of the molecule is Fc1cccc2c1CC1(CCCCC1)N=C2c1cnn2cccc2c1. The molecule has 1 spiro atoms. The molecule has 5 rings (SSSR count). The maximum atomic E-state index is 14.6. The zero-order valence-electron chi connectivity index (χ0n) is 14.1. The molecule has 0 amide bonds. The van der Waals surface area contributed by atoms with Crippen LogP contribution in [0.25, 0.3) is 5.52 Å². The molecule has 1 aliphatic carbocycles. The van der Waals surface area contributed by atoms with Crippen molar-refractivity contribution in [1.29, 1.82) is 0 Å². The van der Waals surface area contributed by atoms with E-state index in [2.05, 4.69) is 11.2 Å². The summed E-state index contributed by atoms with van der Waals surface area (Å²) >= 11 is 0. The molecule has 0 unspecified atom stereocenters. The molecule has 0 saturated heterocycles. The molecule has 1 aliphatic heterocycles. The molecule has 126 valence electrons. The standard InChI is InChI=1S/C21H20FN3/c22-19-8-4-7-17-18(19)13-21(9-2-1-3-10-21)24-20(17)15-12-16-6-5-11-25(16)23-14-15/h4-8,11-12,14H,1-3,9-10,13H2. The van der Waals surface area contributed by atoms with E-state index < -0.39 is 0 Å². The fourth-order valence-electron chi connectivity index (χ4n) is 4.40. The van der Waals surface area contributed by atoms with Crippen molar-refractivity contribution >= 4 is 11.2 Å². The van der Waals surface area contributed by atoms with Crippen molar-refractivity contribution in [2.24, 2.45) is 4.99 Å². The Bertz CT molecular complexity index is 980. The van der Waals surface area contributed by atoms with Crippen LogP contribution in [0.4, 0.5) is 4.39 Å². The van der Waals surface area contributed by atoms with Crippen LogP contribution >= 0.6 is 0 Å². The van der Waals surface area contributed by atoms with Gasteiger partial charge in [0.1, 0.15) is 5.82 Å². The minimum atomic E-state index is -0.142. The molecule has 1 aromatic carbocycles. The molecule has 3 heterocycles. The van der Waals surface area contributed by atoms with Gasteiger partial charge in [-0.15, -0.1) is 0 Å². The second kappa shape index (κ2) is 5.51. The van der Waals surface area contributed by atoms with Crippen LogP contribution in [0.2, 0.25) is 0 Å². The smallest absolute Gasteiger partial charge is 0.127 e. The summed E-state index contributed by atoms with van der Waals surface area (Å²) in [5.74, 6) is -0.105. The predicted octanol–water partition coefficient (Wildman–Crippen LogP) is 4.57. The number of aliphatic imine (C=N–C) groups is 1. The van der Waals surface area contributed by atoms with E-state index in [1.54, 1.807) is 12.1 Å². The van der Waals surface area contributed by atoms with Crippen LogP contribution in [-0.4, -0.2) is 20.9 Å². The molecule has 0 radical (unpaired) electrons. The lowest BCUT2D eigenvalue weighted by atomic mass is 9.74. The van der Waals surface area contributed by atoms with Gasteiger partial charge < -0.3 is 0 Å². The van der Waals surface area contributed by atoms with Crippen molar-refractivity contribution in [3.8, 4) is 0 Å². The van der Waals surface area contributed by atoms with Crippen molar-refractivity contribution in [1.82, 2.24) is 9.61 Å². The highest BCUT2D eigenvalue weighted by Gasteiger charge is 2.37. The summed E-state index contributed by atoms with van der Waals surface area (Å²) < 4.78 is 16.5. The van der Waals surface area contributed by atoms with Gasteiger partial charge in [0.2, 0.25) is 0 Å². The first-order valence-corrected chi connectivity index (χ1v) is 9.06. The van der Waals surface area contributed by atoms with Crippen LogP contribution in [0.3, 0.4) is 0 Å². The van der Waals surface area contributed by atoms with Crippen molar-refractivity contribution in [2.45, 2.75) is 44.1 Å². The number of rotatable bonds is 1. The van der Waals surface area contributed by atoms with Crippen molar-refractivity contribution in [3.63, 3.8) is 0 Å².